The highest BCUT2D eigenvalue weighted by Gasteiger charge is 2.32. The molecule has 0 saturated carbocycles. The first-order valence-electron chi connectivity index (χ1n) is 10.4. The van der Waals surface area contributed by atoms with Gasteiger partial charge >= 0.3 is 6.03 Å². The summed E-state index contributed by atoms with van der Waals surface area (Å²) < 4.78 is 10.8. The van der Waals surface area contributed by atoms with E-state index in [4.69, 9.17) is 21.1 Å². The molecule has 3 amide bonds. The Labute approximate surface area is 186 Å². The number of nitrogens with zero attached hydrogens (tertiary/aromatic N) is 2. The summed E-state index contributed by atoms with van der Waals surface area (Å²) in [6, 6.07) is 10.6. The van der Waals surface area contributed by atoms with Gasteiger partial charge in [0.1, 0.15) is 11.5 Å². The van der Waals surface area contributed by atoms with Gasteiger partial charge in [0.15, 0.2) is 0 Å². The van der Waals surface area contributed by atoms with Crippen LogP contribution < -0.4 is 19.7 Å². The average molecular weight is 444 g/mol. The molecule has 8 heteroatoms. The Kier molecular flexibility index (Phi) is 6.23. The molecule has 2 fully saturated rings. The number of benzene rings is 2. The molecular weight excluding hydrogens is 418 g/mol. The molecule has 2 aliphatic rings. The number of carbonyl (C=O) groups excluding carboxylic acids is 2. The quantitative estimate of drug-likeness (QED) is 0.716. The van der Waals surface area contributed by atoms with Crippen molar-refractivity contribution in [1.82, 2.24) is 4.90 Å². The van der Waals surface area contributed by atoms with Crippen LogP contribution in [0.5, 0.6) is 11.5 Å². The number of hydrogen-bond acceptors (Lipinski definition) is 4. The number of urea groups is 1. The first-order chi connectivity index (χ1) is 15.0. The monoisotopic (exact) mass is 443 g/mol. The van der Waals surface area contributed by atoms with E-state index in [1.54, 1.807) is 37.3 Å². The second kappa shape index (κ2) is 9.06. The Morgan fingerprint density at radius 3 is 2.61 bits per heavy atom. The maximum Gasteiger partial charge on any atom is 0.322 e. The molecule has 1 N–H and O–H groups in total. The third kappa shape index (κ3) is 4.28. The first-order valence-corrected chi connectivity index (χ1v) is 10.8. The van der Waals surface area contributed by atoms with Crippen LogP contribution in [-0.4, -0.2) is 44.1 Å². The Hall–Kier alpha value is -2.93. The van der Waals surface area contributed by atoms with Crippen molar-refractivity contribution < 1.29 is 19.1 Å². The smallest absolute Gasteiger partial charge is 0.322 e. The number of methoxy groups -OCH3 is 2. The Morgan fingerprint density at radius 1 is 1.10 bits per heavy atom. The molecular formula is C23H26ClN3O4. The van der Waals surface area contributed by atoms with E-state index in [0.717, 1.165) is 24.8 Å². The summed E-state index contributed by atoms with van der Waals surface area (Å²) in [6.45, 7) is 1.32. The normalized spacial score (nSPS) is 18.4. The summed E-state index contributed by atoms with van der Waals surface area (Å²) in [5.41, 5.74) is 2.24. The Bertz CT molecular complexity index is 997. The van der Waals surface area contributed by atoms with Gasteiger partial charge in [-0.2, -0.15) is 0 Å². The molecule has 1 atom stereocenters. The van der Waals surface area contributed by atoms with E-state index in [9.17, 15) is 9.59 Å². The second-order valence-electron chi connectivity index (χ2n) is 7.70. The van der Waals surface area contributed by atoms with Crippen LogP contribution in [0.25, 0.3) is 0 Å². The van der Waals surface area contributed by atoms with Crippen molar-refractivity contribution in [3.63, 3.8) is 0 Å². The lowest BCUT2D eigenvalue weighted by Gasteiger charge is -2.27. The fourth-order valence-electron chi connectivity index (χ4n) is 4.33. The molecule has 1 unspecified atom stereocenters. The van der Waals surface area contributed by atoms with Crippen LogP contribution in [0.15, 0.2) is 36.4 Å². The van der Waals surface area contributed by atoms with Crippen molar-refractivity contribution in [3.8, 4) is 11.5 Å². The number of ether oxygens (including phenoxy) is 2. The molecule has 2 saturated heterocycles. The summed E-state index contributed by atoms with van der Waals surface area (Å²) in [7, 11) is 3.23. The predicted octanol–water partition coefficient (Wildman–Crippen LogP) is 4.85. The zero-order valence-electron chi connectivity index (χ0n) is 17.7. The predicted molar refractivity (Wildman–Crippen MR) is 120 cm³/mol. The minimum Gasteiger partial charge on any atom is -0.497 e. The van der Waals surface area contributed by atoms with Gasteiger partial charge < -0.3 is 24.6 Å². The van der Waals surface area contributed by atoms with Crippen LogP contribution >= 0.6 is 11.6 Å². The zero-order valence-corrected chi connectivity index (χ0v) is 18.4. The van der Waals surface area contributed by atoms with Crippen LogP contribution in [0.3, 0.4) is 0 Å². The molecule has 4 rings (SSSR count). The molecule has 2 aliphatic heterocycles. The van der Waals surface area contributed by atoms with E-state index in [2.05, 4.69) is 5.32 Å². The highest BCUT2D eigenvalue weighted by Crippen LogP contribution is 2.39. The van der Waals surface area contributed by atoms with Crippen LogP contribution in [0.2, 0.25) is 5.02 Å². The third-order valence-corrected chi connectivity index (χ3v) is 6.18. The number of rotatable bonds is 5. The van der Waals surface area contributed by atoms with Gasteiger partial charge in [-0.3, -0.25) is 4.79 Å². The van der Waals surface area contributed by atoms with Gasteiger partial charge in [-0.15, -0.1) is 0 Å². The topological polar surface area (TPSA) is 71.1 Å². The molecule has 0 aromatic heterocycles. The van der Waals surface area contributed by atoms with E-state index >= 15 is 0 Å². The molecule has 0 bridgehead atoms. The molecule has 0 spiro atoms. The Morgan fingerprint density at radius 2 is 1.94 bits per heavy atom. The van der Waals surface area contributed by atoms with Crippen molar-refractivity contribution in [1.29, 1.82) is 0 Å². The highest BCUT2D eigenvalue weighted by atomic mass is 35.5. The third-order valence-electron chi connectivity index (χ3n) is 5.88. The molecule has 7 nitrogen and oxygen atoms in total. The van der Waals surface area contributed by atoms with E-state index in [1.165, 1.54) is 0 Å². The fraction of sp³-hybridized carbons (Fsp3) is 0.391. The summed E-state index contributed by atoms with van der Waals surface area (Å²) >= 11 is 6.42. The number of halogens is 1. The number of carbonyl (C=O) groups is 2. The van der Waals surface area contributed by atoms with Crippen LogP contribution in [-0.2, 0) is 4.79 Å². The van der Waals surface area contributed by atoms with Gasteiger partial charge in [0.25, 0.3) is 0 Å². The van der Waals surface area contributed by atoms with E-state index in [0.29, 0.717) is 47.4 Å². The standard InChI is InChI=1S/C23H26ClN3O4/c1-30-16-8-9-17(21(14-16)31-2)19-5-3-12-27(19)23(29)25-15-7-10-20(18(24)13-15)26-11-4-6-22(26)28/h7-10,13-14,19H,3-6,11-12H2,1-2H3,(H,25,29). The van der Waals surface area contributed by atoms with Crippen molar-refractivity contribution in [2.45, 2.75) is 31.7 Å². The average Bonchev–Trinajstić information content (AvgIpc) is 3.42. The molecule has 164 valence electrons. The molecule has 2 aromatic carbocycles. The van der Waals surface area contributed by atoms with E-state index in [-0.39, 0.29) is 18.0 Å². The van der Waals surface area contributed by atoms with Gasteiger partial charge in [0.05, 0.1) is 31.0 Å². The lowest BCUT2D eigenvalue weighted by atomic mass is 10.0. The van der Waals surface area contributed by atoms with Crippen molar-refractivity contribution >= 4 is 34.9 Å². The molecule has 0 radical (unpaired) electrons. The number of likely N-dealkylation sites (tertiary alicyclic amines) is 1. The summed E-state index contributed by atoms with van der Waals surface area (Å²) in [5, 5.41) is 3.39. The number of hydrogen-bond donors (Lipinski definition) is 1. The van der Waals surface area contributed by atoms with E-state index < -0.39 is 0 Å². The SMILES string of the molecule is COc1ccc(C2CCCN2C(=O)Nc2ccc(N3CCCC3=O)c(Cl)c2)c(OC)c1. The second-order valence-corrected chi connectivity index (χ2v) is 8.11. The van der Waals surface area contributed by atoms with Crippen LogP contribution in [0.4, 0.5) is 16.2 Å². The number of nitrogens with one attached hydrogen (secondary N) is 1. The van der Waals surface area contributed by atoms with Crippen molar-refractivity contribution in [3.05, 3.63) is 47.0 Å². The van der Waals surface area contributed by atoms with Gasteiger partial charge in [0, 0.05) is 36.8 Å². The van der Waals surface area contributed by atoms with Crippen LogP contribution in [0, 0.1) is 0 Å². The zero-order chi connectivity index (χ0) is 22.0. The van der Waals surface area contributed by atoms with E-state index in [1.807, 2.05) is 23.1 Å². The van der Waals surface area contributed by atoms with Crippen molar-refractivity contribution in [2.24, 2.45) is 0 Å². The fourth-order valence-corrected chi connectivity index (χ4v) is 4.61. The maximum absolute atomic E-state index is 13.1. The summed E-state index contributed by atoms with van der Waals surface area (Å²) in [5.74, 6) is 1.49. The number of amides is 3. The largest absolute Gasteiger partial charge is 0.497 e. The molecule has 31 heavy (non-hydrogen) atoms. The maximum atomic E-state index is 13.1. The molecule has 0 aliphatic carbocycles. The minimum atomic E-state index is -0.193. The summed E-state index contributed by atoms with van der Waals surface area (Å²) in [6.07, 6.45) is 3.13. The molecule has 2 aromatic rings. The highest BCUT2D eigenvalue weighted by molar-refractivity contribution is 6.34. The van der Waals surface area contributed by atoms with Gasteiger partial charge in [0.2, 0.25) is 5.91 Å². The Balaban J connectivity index is 1.50. The molecule has 2 heterocycles. The minimum absolute atomic E-state index is 0.0760. The summed E-state index contributed by atoms with van der Waals surface area (Å²) in [4.78, 5) is 28.6. The lowest BCUT2D eigenvalue weighted by molar-refractivity contribution is -0.117. The van der Waals surface area contributed by atoms with Gasteiger partial charge in [-0.1, -0.05) is 11.6 Å². The van der Waals surface area contributed by atoms with Crippen LogP contribution in [0.1, 0.15) is 37.3 Å². The number of anilines is 2. The van der Waals surface area contributed by atoms with Crippen molar-refractivity contribution in [2.75, 3.05) is 37.5 Å². The van der Waals surface area contributed by atoms with Gasteiger partial charge in [-0.05, 0) is 49.6 Å². The first kappa shape index (κ1) is 21.3. The van der Waals surface area contributed by atoms with Gasteiger partial charge in [-0.25, -0.2) is 4.79 Å². The lowest BCUT2D eigenvalue weighted by Crippen LogP contribution is -2.34.